The smallest absolute Gasteiger partial charge is 0.291 e. The average Bonchev–Trinajstić information content (AvgIpc) is 2.76. The zero-order chi connectivity index (χ0) is 27.1. The van der Waals surface area contributed by atoms with Crippen LogP contribution in [-0.4, -0.2) is 45.0 Å². The van der Waals surface area contributed by atoms with Gasteiger partial charge in [0.1, 0.15) is 11.5 Å². The molecule has 1 aliphatic rings. The van der Waals surface area contributed by atoms with E-state index in [0.29, 0.717) is 0 Å². The van der Waals surface area contributed by atoms with E-state index in [2.05, 4.69) is 41.5 Å². The molecule has 0 unspecified atom stereocenters. The fourth-order valence-electron chi connectivity index (χ4n) is 4.04. The van der Waals surface area contributed by atoms with E-state index in [0.717, 1.165) is 36.8 Å². The summed E-state index contributed by atoms with van der Waals surface area (Å²) in [4.78, 5) is 18.1. The molecular formula is C28H39CoN3O5. The number of rotatable bonds is 4. The van der Waals surface area contributed by atoms with Crippen molar-refractivity contribution in [3.63, 3.8) is 0 Å². The van der Waals surface area contributed by atoms with Crippen LogP contribution in [0.4, 0.5) is 0 Å². The third kappa shape index (κ3) is 10.2. The van der Waals surface area contributed by atoms with Gasteiger partial charge in [0, 0.05) is 40.3 Å². The summed E-state index contributed by atoms with van der Waals surface area (Å²) in [5, 5.41) is 34.3. The van der Waals surface area contributed by atoms with Crippen LogP contribution in [0.15, 0.2) is 46.4 Å². The van der Waals surface area contributed by atoms with E-state index < -0.39 is 5.09 Å². The Labute approximate surface area is 229 Å². The fraction of sp³-hybridized carbons (Fsp3) is 0.500. The minimum Gasteiger partial charge on any atom is -0.507 e. The first-order chi connectivity index (χ1) is 16.7. The second kappa shape index (κ2) is 13.6. The van der Waals surface area contributed by atoms with Gasteiger partial charge < -0.3 is 15.4 Å². The van der Waals surface area contributed by atoms with Crippen molar-refractivity contribution in [2.45, 2.75) is 90.1 Å². The van der Waals surface area contributed by atoms with Crippen LogP contribution in [-0.2, 0) is 27.6 Å². The molecule has 8 nitrogen and oxygen atoms in total. The van der Waals surface area contributed by atoms with Gasteiger partial charge in [-0.05, 0) is 59.1 Å². The molecule has 2 aromatic carbocycles. The second-order valence-electron chi connectivity index (χ2n) is 11.3. The van der Waals surface area contributed by atoms with Gasteiger partial charge in [-0.3, -0.25) is 9.98 Å². The fourth-order valence-corrected chi connectivity index (χ4v) is 4.04. The Morgan fingerprint density at radius 2 is 1.14 bits per heavy atom. The molecule has 0 aliphatic heterocycles. The third-order valence-corrected chi connectivity index (χ3v) is 6.29. The molecule has 2 atom stereocenters. The Morgan fingerprint density at radius 3 is 1.43 bits per heavy atom. The Hall–Kier alpha value is -2.91. The van der Waals surface area contributed by atoms with Gasteiger partial charge in [-0.1, -0.05) is 66.5 Å². The Kier molecular flexibility index (Phi) is 11.8. The standard InChI is InChI=1S/C28H38N2O2.Co.HNO3/c1-27(2,3)21-11-13-25(31)19(15-21)17-29-23-9-7-8-10-24(23)30-18-20-16-22(28(4,5)6)12-14-26(20)32;;2-1(3)4/h11-18,23-24,31-32H,7-10H2,1-6H3;;(H,2,3,4)/t23-,24-;;/m0../s1. The normalized spacial score (nSPS) is 18.2. The van der Waals surface area contributed by atoms with Crippen LogP contribution in [0.3, 0.4) is 0 Å². The third-order valence-electron chi connectivity index (χ3n) is 6.29. The summed E-state index contributed by atoms with van der Waals surface area (Å²) in [5.41, 5.74) is 3.87. The van der Waals surface area contributed by atoms with Crippen molar-refractivity contribution in [1.82, 2.24) is 0 Å². The molecule has 0 heterocycles. The first kappa shape index (κ1) is 32.1. The number of aromatic hydroxyl groups is 2. The summed E-state index contributed by atoms with van der Waals surface area (Å²) < 4.78 is 0. The predicted molar refractivity (Wildman–Crippen MR) is 144 cm³/mol. The maximum atomic E-state index is 10.3. The molecular weight excluding hydrogens is 517 g/mol. The van der Waals surface area contributed by atoms with E-state index in [4.69, 9.17) is 25.3 Å². The Balaban J connectivity index is 0.00000127. The van der Waals surface area contributed by atoms with Gasteiger partial charge in [0.05, 0.1) is 12.1 Å². The molecule has 0 spiro atoms. The summed E-state index contributed by atoms with van der Waals surface area (Å²) in [6.45, 7) is 13.0. The van der Waals surface area contributed by atoms with Gasteiger partial charge >= 0.3 is 0 Å². The Morgan fingerprint density at radius 1 is 0.811 bits per heavy atom. The van der Waals surface area contributed by atoms with Crippen molar-refractivity contribution in [2.24, 2.45) is 9.98 Å². The maximum absolute atomic E-state index is 10.3. The van der Waals surface area contributed by atoms with Gasteiger partial charge in [0.15, 0.2) is 0 Å². The van der Waals surface area contributed by atoms with Crippen molar-refractivity contribution in [3.05, 3.63) is 68.8 Å². The second-order valence-corrected chi connectivity index (χ2v) is 11.3. The van der Waals surface area contributed by atoms with Gasteiger partial charge in [0.2, 0.25) is 0 Å². The number of benzene rings is 2. The van der Waals surface area contributed by atoms with E-state index in [9.17, 15) is 10.2 Å². The van der Waals surface area contributed by atoms with E-state index in [1.807, 2.05) is 24.3 Å². The molecule has 205 valence electrons. The van der Waals surface area contributed by atoms with E-state index in [1.165, 1.54) is 11.1 Å². The van der Waals surface area contributed by atoms with Crippen molar-refractivity contribution in [1.29, 1.82) is 0 Å². The quantitative estimate of drug-likeness (QED) is 0.235. The average molecular weight is 557 g/mol. The van der Waals surface area contributed by atoms with Crippen molar-refractivity contribution < 1.29 is 37.3 Å². The zero-order valence-corrected chi connectivity index (χ0v) is 23.5. The van der Waals surface area contributed by atoms with Crippen LogP contribution in [0.2, 0.25) is 0 Å². The van der Waals surface area contributed by atoms with E-state index in [-0.39, 0.29) is 51.2 Å². The van der Waals surface area contributed by atoms with Crippen LogP contribution in [0.5, 0.6) is 11.5 Å². The van der Waals surface area contributed by atoms with Gasteiger partial charge in [-0.25, -0.2) is 0 Å². The summed E-state index contributed by atoms with van der Waals surface area (Å²) >= 11 is 0. The maximum Gasteiger partial charge on any atom is 0.291 e. The summed E-state index contributed by atoms with van der Waals surface area (Å²) in [5.74, 6) is 0.503. The monoisotopic (exact) mass is 556 g/mol. The summed E-state index contributed by atoms with van der Waals surface area (Å²) in [6.07, 6.45) is 7.83. The molecule has 9 heteroatoms. The van der Waals surface area contributed by atoms with Gasteiger partial charge in [-0.15, -0.1) is 10.1 Å². The van der Waals surface area contributed by atoms with Gasteiger partial charge in [0.25, 0.3) is 5.09 Å². The van der Waals surface area contributed by atoms with Crippen LogP contribution in [0.25, 0.3) is 0 Å². The molecule has 3 N–H and O–H groups in total. The summed E-state index contributed by atoms with van der Waals surface area (Å²) in [6, 6.07) is 11.6. The molecule has 0 saturated heterocycles. The number of phenolic OH excluding ortho intramolecular Hbond substituents is 2. The molecule has 37 heavy (non-hydrogen) atoms. The molecule has 3 rings (SSSR count). The van der Waals surface area contributed by atoms with Crippen molar-refractivity contribution in [3.8, 4) is 11.5 Å². The van der Waals surface area contributed by atoms with Crippen LogP contribution >= 0.6 is 0 Å². The minimum atomic E-state index is -1.50. The largest absolute Gasteiger partial charge is 0.507 e. The van der Waals surface area contributed by atoms with Crippen molar-refractivity contribution in [2.75, 3.05) is 0 Å². The molecule has 0 bridgehead atoms. The molecule has 0 amide bonds. The molecule has 0 aromatic heterocycles. The topological polar surface area (TPSA) is 129 Å². The van der Waals surface area contributed by atoms with Crippen molar-refractivity contribution >= 4 is 12.4 Å². The number of nitrogens with zero attached hydrogens (tertiary/aromatic N) is 3. The number of hydrogen-bond acceptors (Lipinski definition) is 6. The first-order valence-corrected chi connectivity index (χ1v) is 12.2. The molecule has 2 aromatic rings. The number of phenols is 2. The van der Waals surface area contributed by atoms with E-state index >= 15 is 0 Å². The number of hydrogen-bond donors (Lipinski definition) is 3. The first-order valence-electron chi connectivity index (χ1n) is 12.2. The number of aliphatic imine (C=N–C) groups is 2. The van der Waals surface area contributed by atoms with Crippen LogP contribution < -0.4 is 0 Å². The van der Waals surface area contributed by atoms with Gasteiger partial charge in [-0.2, -0.15) is 0 Å². The minimum absolute atomic E-state index is 0. The zero-order valence-electron chi connectivity index (χ0n) is 22.4. The molecule has 1 fully saturated rings. The molecule has 1 aliphatic carbocycles. The molecule has 1 radical (unpaired) electrons. The summed E-state index contributed by atoms with van der Waals surface area (Å²) in [7, 11) is 0. The van der Waals surface area contributed by atoms with Crippen LogP contribution in [0, 0.1) is 10.1 Å². The molecule has 1 saturated carbocycles. The van der Waals surface area contributed by atoms with Crippen LogP contribution in [0.1, 0.15) is 89.5 Å². The Bertz CT molecular complexity index is 1020. The predicted octanol–water partition coefficient (Wildman–Crippen LogP) is 6.19. The SMILES string of the molecule is CC(C)(C)c1ccc(O)c(C=N[C@H]2CCCC[C@@H]2N=Cc2cc(C(C)(C)C)ccc2O)c1.O=[N+]([O-])O.[Co]. The van der Waals surface area contributed by atoms with E-state index in [1.54, 1.807) is 24.6 Å².